The summed E-state index contributed by atoms with van der Waals surface area (Å²) in [5, 5.41) is 0. The predicted octanol–water partition coefficient (Wildman–Crippen LogP) is 1.63. The smallest absolute Gasteiger partial charge is 0.330 e. The van der Waals surface area contributed by atoms with E-state index in [0.29, 0.717) is 13.2 Å². The van der Waals surface area contributed by atoms with Crippen LogP contribution in [0.1, 0.15) is 14.9 Å². The van der Waals surface area contributed by atoms with E-state index in [1.165, 1.54) is 0 Å². The summed E-state index contributed by atoms with van der Waals surface area (Å²) < 4.78 is 9.17. The maximum Gasteiger partial charge on any atom is 0.330 e. The fourth-order valence-electron chi connectivity index (χ4n) is 0.285. The van der Waals surface area contributed by atoms with Gasteiger partial charge in [-0.1, -0.05) is 21.4 Å². The van der Waals surface area contributed by atoms with Gasteiger partial charge in [0.25, 0.3) is 0 Å². The molecule has 0 N–H and O–H groups in total. The van der Waals surface area contributed by atoms with E-state index in [4.69, 9.17) is 0 Å². The van der Waals surface area contributed by atoms with Crippen molar-refractivity contribution in [1.82, 2.24) is 0 Å². The summed E-state index contributed by atoms with van der Waals surface area (Å²) in [4.78, 5) is 10.3. The van der Waals surface area contributed by atoms with Crippen LogP contribution in [0.3, 0.4) is 0 Å². The van der Waals surface area contributed by atoms with Gasteiger partial charge >= 0.3 is 5.97 Å². The molecule has 3 nitrogen and oxygen atoms in total. The standard InChI is InChI=1S/C6H10O3.2CH4/c1-3-6(7)9-5-4-8-2;;/h3H,1,4-5H2,2H3;2*1H4. The van der Waals surface area contributed by atoms with Crippen LogP contribution in [-0.2, 0) is 14.3 Å². The Labute approximate surface area is 69.0 Å². The number of hydrogen-bond donors (Lipinski definition) is 0. The largest absolute Gasteiger partial charge is 0.460 e. The normalized spacial score (nSPS) is 7.00. The third-order valence-corrected chi connectivity index (χ3v) is 0.698. The Bertz CT molecular complexity index is 99.5. The van der Waals surface area contributed by atoms with Crippen molar-refractivity contribution in [1.29, 1.82) is 0 Å². The van der Waals surface area contributed by atoms with Crippen molar-refractivity contribution in [3.05, 3.63) is 12.7 Å². The summed E-state index contributed by atoms with van der Waals surface area (Å²) >= 11 is 0. The van der Waals surface area contributed by atoms with Crippen molar-refractivity contribution in [3.63, 3.8) is 0 Å². The topological polar surface area (TPSA) is 35.5 Å². The zero-order valence-electron chi connectivity index (χ0n) is 5.42. The highest BCUT2D eigenvalue weighted by Gasteiger charge is 1.91. The summed E-state index contributed by atoms with van der Waals surface area (Å²) in [7, 11) is 1.54. The minimum Gasteiger partial charge on any atom is -0.460 e. The van der Waals surface area contributed by atoms with E-state index in [0.717, 1.165) is 6.08 Å². The van der Waals surface area contributed by atoms with Gasteiger partial charge in [0.05, 0.1) is 6.61 Å². The van der Waals surface area contributed by atoms with E-state index in [1.54, 1.807) is 7.11 Å². The second kappa shape index (κ2) is 11.9. The molecule has 0 spiro atoms. The zero-order valence-corrected chi connectivity index (χ0v) is 5.42. The average molecular weight is 162 g/mol. The van der Waals surface area contributed by atoms with Crippen molar-refractivity contribution < 1.29 is 14.3 Å². The van der Waals surface area contributed by atoms with Crippen LogP contribution in [-0.4, -0.2) is 26.3 Å². The summed E-state index contributed by atoms with van der Waals surface area (Å²) in [6, 6.07) is 0. The lowest BCUT2D eigenvalue weighted by Gasteiger charge is -1.98. The first-order chi connectivity index (χ1) is 4.31. The fourth-order valence-corrected chi connectivity index (χ4v) is 0.285. The average Bonchev–Trinajstić information content (AvgIpc) is 1.89. The Morgan fingerprint density at radius 3 is 2.36 bits per heavy atom. The Kier molecular flexibility index (Phi) is 18.0. The number of rotatable bonds is 4. The number of methoxy groups -OCH3 is 1. The molecule has 0 saturated heterocycles. The van der Waals surface area contributed by atoms with Crippen LogP contribution in [0.2, 0.25) is 0 Å². The lowest BCUT2D eigenvalue weighted by molar-refractivity contribution is -0.138. The molecule has 3 heteroatoms. The highest BCUT2D eigenvalue weighted by Crippen LogP contribution is 1.78. The molecule has 0 bridgehead atoms. The van der Waals surface area contributed by atoms with E-state index in [1.807, 2.05) is 0 Å². The molecule has 11 heavy (non-hydrogen) atoms. The van der Waals surface area contributed by atoms with E-state index in [2.05, 4.69) is 16.1 Å². The Hall–Kier alpha value is -0.830. The van der Waals surface area contributed by atoms with Crippen molar-refractivity contribution in [3.8, 4) is 0 Å². The first-order valence-corrected chi connectivity index (χ1v) is 2.59. The van der Waals surface area contributed by atoms with E-state index in [9.17, 15) is 4.79 Å². The molecule has 0 heterocycles. The van der Waals surface area contributed by atoms with Gasteiger partial charge in [0.2, 0.25) is 0 Å². The summed E-state index contributed by atoms with van der Waals surface area (Å²) in [6.45, 7) is 3.95. The van der Waals surface area contributed by atoms with Gasteiger partial charge in [0.15, 0.2) is 0 Å². The summed E-state index contributed by atoms with van der Waals surface area (Å²) in [6.07, 6.45) is 1.12. The van der Waals surface area contributed by atoms with Crippen LogP contribution in [0.4, 0.5) is 0 Å². The highest BCUT2D eigenvalue weighted by atomic mass is 16.6. The number of esters is 1. The van der Waals surface area contributed by atoms with Crippen molar-refractivity contribution in [2.45, 2.75) is 14.9 Å². The van der Waals surface area contributed by atoms with Crippen LogP contribution < -0.4 is 0 Å². The highest BCUT2D eigenvalue weighted by molar-refractivity contribution is 5.81. The first-order valence-electron chi connectivity index (χ1n) is 2.59. The molecule has 0 unspecified atom stereocenters. The number of carbonyl (C=O) groups excluding carboxylic acids is 1. The maximum atomic E-state index is 10.3. The van der Waals surface area contributed by atoms with Crippen LogP contribution in [0.15, 0.2) is 12.7 Å². The predicted molar refractivity (Wildman–Crippen MR) is 46.5 cm³/mol. The lowest BCUT2D eigenvalue weighted by Crippen LogP contribution is -2.06. The van der Waals surface area contributed by atoms with Crippen LogP contribution in [0.25, 0.3) is 0 Å². The van der Waals surface area contributed by atoms with Crippen molar-refractivity contribution >= 4 is 5.97 Å². The van der Waals surface area contributed by atoms with Crippen LogP contribution >= 0.6 is 0 Å². The molecule has 0 aliphatic rings. The Balaban J connectivity index is -0.000000320. The van der Waals surface area contributed by atoms with Gasteiger partial charge in [-0.15, -0.1) is 0 Å². The van der Waals surface area contributed by atoms with Gasteiger partial charge in [-0.3, -0.25) is 0 Å². The van der Waals surface area contributed by atoms with Crippen molar-refractivity contribution in [2.24, 2.45) is 0 Å². The van der Waals surface area contributed by atoms with Gasteiger partial charge in [-0.05, 0) is 0 Å². The SMILES string of the molecule is C.C.C=CC(=O)OCCOC. The van der Waals surface area contributed by atoms with E-state index < -0.39 is 5.97 Å². The lowest BCUT2D eigenvalue weighted by atomic mass is 10.6. The van der Waals surface area contributed by atoms with Crippen LogP contribution in [0.5, 0.6) is 0 Å². The molecule has 0 atom stereocenters. The van der Waals surface area contributed by atoms with Gasteiger partial charge in [-0.25, -0.2) is 4.79 Å². The van der Waals surface area contributed by atoms with Gasteiger partial charge in [0, 0.05) is 13.2 Å². The fraction of sp³-hybridized carbons (Fsp3) is 0.625. The van der Waals surface area contributed by atoms with Gasteiger partial charge in [0.1, 0.15) is 6.61 Å². The molecule has 0 aliphatic heterocycles. The number of hydrogen-bond acceptors (Lipinski definition) is 3. The molecular formula is C8H18O3. The zero-order chi connectivity index (χ0) is 7.11. The Morgan fingerprint density at radius 2 is 2.00 bits per heavy atom. The molecule has 0 aliphatic carbocycles. The molecule has 0 amide bonds. The molecule has 0 radical (unpaired) electrons. The molecule has 0 rings (SSSR count). The molecule has 0 saturated carbocycles. The molecular weight excluding hydrogens is 144 g/mol. The van der Waals surface area contributed by atoms with Crippen molar-refractivity contribution in [2.75, 3.05) is 20.3 Å². The van der Waals surface area contributed by atoms with E-state index >= 15 is 0 Å². The Morgan fingerprint density at radius 1 is 1.45 bits per heavy atom. The molecule has 0 fully saturated rings. The minimum absolute atomic E-state index is 0. The third kappa shape index (κ3) is 12.4. The second-order valence-corrected chi connectivity index (χ2v) is 1.36. The molecule has 0 aromatic rings. The molecule has 0 aromatic heterocycles. The molecule has 0 aromatic carbocycles. The van der Waals surface area contributed by atoms with Gasteiger partial charge in [-0.2, -0.15) is 0 Å². The summed E-state index contributed by atoms with van der Waals surface area (Å²) in [5.41, 5.74) is 0. The van der Waals surface area contributed by atoms with Crippen LogP contribution in [0, 0.1) is 0 Å². The first kappa shape index (κ1) is 16.6. The maximum absolute atomic E-state index is 10.3. The number of carbonyl (C=O) groups is 1. The molecule has 68 valence electrons. The van der Waals surface area contributed by atoms with Gasteiger partial charge < -0.3 is 9.47 Å². The monoisotopic (exact) mass is 162 g/mol. The quantitative estimate of drug-likeness (QED) is 0.358. The number of ether oxygens (including phenoxy) is 2. The summed E-state index contributed by atoms with van der Waals surface area (Å²) in [5.74, 6) is -0.410. The third-order valence-electron chi connectivity index (χ3n) is 0.698. The minimum atomic E-state index is -0.410. The second-order valence-electron chi connectivity index (χ2n) is 1.36. The van der Waals surface area contributed by atoms with E-state index in [-0.39, 0.29) is 14.9 Å².